The molecular formula is C19H18ClN3OS3. The first kappa shape index (κ1) is 20.1. The predicted molar refractivity (Wildman–Crippen MR) is 116 cm³/mol. The molecule has 140 valence electrons. The first-order valence-corrected chi connectivity index (χ1v) is 10.8. The van der Waals surface area contributed by atoms with Crippen molar-refractivity contribution in [1.29, 1.82) is 0 Å². The number of nitrogens with zero attached hydrogens (tertiary/aromatic N) is 2. The van der Waals surface area contributed by atoms with Crippen molar-refractivity contribution >= 4 is 52.8 Å². The molecular weight excluding hydrogens is 418 g/mol. The Morgan fingerprint density at radius 1 is 1.19 bits per heavy atom. The zero-order chi connectivity index (χ0) is 19.4. The summed E-state index contributed by atoms with van der Waals surface area (Å²) in [5.74, 6) is -0.0319. The summed E-state index contributed by atoms with van der Waals surface area (Å²) in [6, 6.07) is 17.2. The van der Waals surface area contributed by atoms with Crippen molar-refractivity contribution in [1.82, 2.24) is 15.1 Å². The Morgan fingerprint density at radius 2 is 1.85 bits per heavy atom. The summed E-state index contributed by atoms with van der Waals surface area (Å²) in [7, 11) is 0. The summed E-state index contributed by atoms with van der Waals surface area (Å²) in [6.07, 6.45) is 0. The summed E-state index contributed by atoms with van der Waals surface area (Å²) < 4.78 is 3.07. The van der Waals surface area contributed by atoms with Crippen molar-refractivity contribution < 1.29 is 4.79 Å². The highest BCUT2D eigenvalue weighted by molar-refractivity contribution is 8.02. The molecule has 1 amide bonds. The molecule has 0 bridgehead atoms. The fourth-order valence-electron chi connectivity index (χ4n) is 2.41. The van der Waals surface area contributed by atoms with Crippen LogP contribution in [0.1, 0.15) is 25.5 Å². The van der Waals surface area contributed by atoms with E-state index in [1.165, 1.54) is 23.1 Å². The largest absolute Gasteiger partial charge is 0.349 e. The van der Waals surface area contributed by atoms with Crippen LogP contribution in [0.4, 0.5) is 0 Å². The van der Waals surface area contributed by atoms with Crippen LogP contribution in [0.25, 0.3) is 5.69 Å². The Hall–Kier alpha value is -1.67. The van der Waals surface area contributed by atoms with Gasteiger partial charge < -0.3 is 5.32 Å². The van der Waals surface area contributed by atoms with Gasteiger partial charge in [0.15, 0.2) is 8.29 Å². The minimum Gasteiger partial charge on any atom is -0.349 e. The van der Waals surface area contributed by atoms with Crippen LogP contribution in [-0.2, 0) is 4.79 Å². The number of hydrogen-bond acceptors (Lipinski definition) is 5. The van der Waals surface area contributed by atoms with Crippen molar-refractivity contribution in [3.8, 4) is 5.69 Å². The smallest absolute Gasteiger partial charge is 0.233 e. The summed E-state index contributed by atoms with van der Waals surface area (Å²) in [4.78, 5) is 12.5. The maximum absolute atomic E-state index is 12.5. The molecule has 3 rings (SSSR count). The van der Waals surface area contributed by atoms with Crippen LogP contribution < -0.4 is 5.32 Å². The molecule has 4 nitrogen and oxygen atoms in total. The number of amides is 1. The molecule has 0 saturated heterocycles. The third kappa shape index (κ3) is 5.19. The summed E-state index contributed by atoms with van der Waals surface area (Å²) in [5.41, 5.74) is 1.92. The van der Waals surface area contributed by atoms with Crippen LogP contribution in [0.5, 0.6) is 0 Å². The van der Waals surface area contributed by atoms with Gasteiger partial charge in [0.2, 0.25) is 5.91 Å². The molecule has 2 atom stereocenters. The average Bonchev–Trinajstić information content (AvgIpc) is 3.03. The number of thioether (sulfide) groups is 1. The SMILES string of the molecule is CC(Sc1nn(-c2ccc(Cl)cc2)c(=S)s1)C(=O)NC(C)c1ccccc1. The van der Waals surface area contributed by atoms with Crippen molar-refractivity contribution in [2.45, 2.75) is 29.5 Å². The average molecular weight is 436 g/mol. The predicted octanol–water partition coefficient (Wildman–Crippen LogP) is 5.67. The Kier molecular flexibility index (Phi) is 6.70. The lowest BCUT2D eigenvalue weighted by molar-refractivity contribution is -0.120. The van der Waals surface area contributed by atoms with Gasteiger partial charge in [-0.1, -0.05) is 65.0 Å². The number of nitrogens with one attached hydrogen (secondary N) is 1. The highest BCUT2D eigenvalue weighted by atomic mass is 35.5. The van der Waals surface area contributed by atoms with Crippen LogP contribution in [0, 0.1) is 3.95 Å². The lowest BCUT2D eigenvalue weighted by Crippen LogP contribution is -2.33. The molecule has 0 aliphatic rings. The molecule has 0 fully saturated rings. The third-order valence-electron chi connectivity index (χ3n) is 3.91. The van der Waals surface area contributed by atoms with Crippen LogP contribution in [0.15, 0.2) is 58.9 Å². The minimum atomic E-state index is -0.282. The molecule has 0 spiro atoms. The van der Waals surface area contributed by atoms with Crippen molar-refractivity contribution in [3.63, 3.8) is 0 Å². The number of carbonyl (C=O) groups is 1. The van der Waals surface area contributed by atoms with E-state index in [2.05, 4.69) is 10.4 Å². The number of hydrogen-bond donors (Lipinski definition) is 1. The van der Waals surface area contributed by atoms with Crippen molar-refractivity contribution in [2.75, 3.05) is 0 Å². The van der Waals surface area contributed by atoms with Crippen molar-refractivity contribution in [3.05, 3.63) is 69.1 Å². The molecule has 1 heterocycles. The van der Waals surface area contributed by atoms with Gasteiger partial charge in [-0.15, -0.1) is 5.10 Å². The topological polar surface area (TPSA) is 46.9 Å². The quantitative estimate of drug-likeness (QED) is 0.400. The second kappa shape index (κ2) is 9.01. The van der Waals surface area contributed by atoms with Gasteiger partial charge in [-0.2, -0.15) is 0 Å². The second-order valence-corrected chi connectivity index (χ2v) is 9.57. The molecule has 3 aromatic rings. The zero-order valence-electron chi connectivity index (χ0n) is 14.8. The van der Waals surface area contributed by atoms with E-state index in [0.717, 1.165) is 15.6 Å². The minimum absolute atomic E-state index is 0.0319. The fourth-order valence-corrected chi connectivity index (χ4v) is 5.05. The van der Waals surface area contributed by atoms with E-state index in [-0.39, 0.29) is 17.2 Å². The molecule has 1 N–H and O–H groups in total. The molecule has 0 aliphatic heterocycles. The Labute approximate surface area is 176 Å². The highest BCUT2D eigenvalue weighted by Crippen LogP contribution is 2.28. The van der Waals surface area contributed by atoms with Gasteiger partial charge in [0.25, 0.3) is 0 Å². The number of rotatable bonds is 6. The fraction of sp³-hybridized carbons (Fsp3) is 0.211. The van der Waals surface area contributed by atoms with Gasteiger partial charge >= 0.3 is 0 Å². The van der Waals surface area contributed by atoms with Crippen LogP contribution in [0.2, 0.25) is 5.02 Å². The summed E-state index contributed by atoms with van der Waals surface area (Å²) in [6.45, 7) is 3.85. The molecule has 2 unspecified atom stereocenters. The number of aromatic nitrogens is 2. The number of carbonyl (C=O) groups excluding carboxylic acids is 1. The van der Waals surface area contributed by atoms with Crippen molar-refractivity contribution in [2.24, 2.45) is 0 Å². The van der Waals surface area contributed by atoms with Gasteiger partial charge in [0, 0.05) is 5.02 Å². The lowest BCUT2D eigenvalue weighted by Gasteiger charge is -2.17. The van der Waals surface area contributed by atoms with Gasteiger partial charge in [-0.25, -0.2) is 4.68 Å². The first-order valence-electron chi connectivity index (χ1n) is 8.32. The van der Waals surface area contributed by atoms with Gasteiger partial charge in [0.05, 0.1) is 17.0 Å². The third-order valence-corrected chi connectivity index (χ3v) is 6.57. The Balaban J connectivity index is 1.66. The number of benzene rings is 2. The maximum atomic E-state index is 12.5. The number of halogens is 1. The van der Waals surface area contributed by atoms with E-state index in [0.29, 0.717) is 8.98 Å². The van der Waals surface area contributed by atoms with Crippen LogP contribution in [-0.4, -0.2) is 20.9 Å². The van der Waals surface area contributed by atoms with E-state index < -0.39 is 0 Å². The Bertz CT molecular complexity index is 970. The standard InChI is InChI=1S/C19H18ClN3OS3/c1-12(14-6-4-3-5-7-14)21-17(24)13(2)26-18-22-23(19(25)27-18)16-10-8-15(20)9-11-16/h3-13H,1-2H3,(H,21,24). The van der Waals surface area contributed by atoms with E-state index in [4.69, 9.17) is 23.8 Å². The lowest BCUT2D eigenvalue weighted by atomic mass is 10.1. The maximum Gasteiger partial charge on any atom is 0.233 e. The molecule has 27 heavy (non-hydrogen) atoms. The molecule has 0 radical (unpaired) electrons. The molecule has 1 aromatic heterocycles. The first-order chi connectivity index (χ1) is 12.9. The van der Waals surface area contributed by atoms with E-state index >= 15 is 0 Å². The van der Waals surface area contributed by atoms with Gasteiger partial charge in [0.1, 0.15) is 0 Å². The Morgan fingerprint density at radius 3 is 2.52 bits per heavy atom. The summed E-state index contributed by atoms with van der Waals surface area (Å²) in [5, 5.41) is 7.96. The van der Waals surface area contributed by atoms with Gasteiger partial charge in [-0.3, -0.25) is 4.79 Å². The van der Waals surface area contributed by atoms with E-state index in [1.54, 1.807) is 16.8 Å². The van der Waals surface area contributed by atoms with Crippen LogP contribution >= 0.6 is 46.9 Å². The normalized spacial score (nSPS) is 13.1. The molecule has 0 aliphatic carbocycles. The van der Waals surface area contributed by atoms with E-state index in [1.807, 2.05) is 56.3 Å². The second-order valence-electron chi connectivity index (χ2n) is 5.92. The summed E-state index contributed by atoms with van der Waals surface area (Å²) >= 11 is 14.1. The molecule has 8 heteroatoms. The highest BCUT2D eigenvalue weighted by Gasteiger charge is 2.19. The zero-order valence-corrected chi connectivity index (χ0v) is 18.0. The monoisotopic (exact) mass is 435 g/mol. The molecule has 0 saturated carbocycles. The molecule has 2 aromatic carbocycles. The van der Waals surface area contributed by atoms with Gasteiger partial charge in [-0.05, 0) is 55.9 Å². The van der Waals surface area contributed by atoms with Crippen LogP contribution in [0.3, 0.4) is 0 Å². The van der Waals surface area contributed by atoms with E-state index in [9.17, 15) is 4.79 Å².